The van der Waals surface area contributed by atoms with Gasteiger partial charge in [-0.25, -0.2) is 0 Å². The summed E-state index contributed by atoms with van der Waals surface area (Å²) in [4.78, 5) is 28.3. The van der Waals surface area contributed by atoms with Gasteiger partial charge in [-0.05, 0) is 36.3 Å². The van der Waals surface area contributed by atoms with E-state index in [0.717, 1.165) is 30.7 Å². The van der Waals surface area contributed by atoms with Gasteiger partial charge in [0.2, 0.25) is 5.91 Å². The quantitative estimate of drug-likeness (QED) is 0.598. The number of hydrogen-bond acceptors (Lipinski definition) is 4. The van der Waals surface area contributed by atoms with Crippen molar-refractivity contribution in [2.75, 3.05) is 13.2 Å². The minimum Gasteiger partial charge on any atom is -0.376 e. The van der Waals surface area contributed by atoms with Gasteiger partial charge in [-0.15, -0.1) is 11.3 Å². The monoisotopic (exact) mass is 385 g/mol. The van der Waals surface area contributed by atoms with Gasteiger partial charge in [0, 0.05) is 36.4 Å². The molecule has 1 aliphatic heterocycles. The molecular weight excluding hydrogens is 358 g/mol. The zero-order valence-corrected chi connectivity index (χ0v) is 16.7. The largest absolute Gasteiger partial charge is 0.376 e. The predicted molar refractivity (Wildman–Crippen MR) is 108 cm³/mol. The number of carbonyl (C=O) groups excluding carboxylic acids is 2. The van der Waals surface area contributed by atoms with Gasteiger partial charge in [0.15, 0.2) is 5.78 Å². The number of aryl methyl sites for hydroxylation is 1. The molecule has 0 N–H and O–H groups in total. The summed E-state index contributed by atoms with van der Waals surface area (Å²) in [6.45, 7) is 4.07. The smallest absolute Gasteiger partial charge is 0.223 e. The second kappa shape index (κ2) is 9.81. The van der Waals surface area contributed by atoms with E-state index in [1.165, 1.54) is 5.56 Å². The lowest BCUT2D eigenvalue weighted by molar-refractivity contribution is -0.133. The van der Waals surface area contributed by atoms with Crippen molar-refractivity contribution in [3.05, 3.63) is 57.8 Å². The van der Waals surface area contributed by atoms with Crippen LogP contribution in [-0.4, -0.2) is 35.8 Å². The van der Waals surface area contributed by atoms with Gasteiger partial charge < -0.3 is 9.64 Å². The fraction of sp³-hybridized carbons (Fsp3) is 0.455. The van der Waals surface area contributed by atoms with Crippen LogP contribution in [0.25, 0.3) is 0 Å². The Balaban J connectivity index is 1.57. The summed E-state index contributed by atoms with van der Waals surface area (Å²) in [6.07, 6.45) is 3.61. The summed E-state index contributed by atoms with van der Waals surface area (Å²) in [5.74, 6) is 0.0524. The van der Waals surface area contributed by atoms with E-state index in [9.17, 15) is 9.59 Å². The molecule has 144 valence electrons. The van der Waals surface area contributed by atoms with Crippen LogP contribution in [0.2, 0.25) is 0 Å². The molecule has 1 amide bonds. The molecule has 0 radical (unpaired) electrons. The normalized spacial score (nSPS) is 16.4. The highest BCUT2D eigenvalue weighted by atomic mass is 32.1. The number of rotatable bonds is 9. The molecule has 1 aromatic heterocycles. The fourth-order valence-electron chi connectivity index (χ4n) is 3.33. The summed E-state index contributed by atoms with van der Waals surface area (Å²) in [7, 11) is 0. The zero-order chi connectivity index (χ0) is 19.1. The van der Waals surface area contributed by atoms with Gasteiger partial charge >= 0.3 is 0 Å². The van der Waals surface area contributed by atoms with Crippen LogP contribution in [-0.2, 0) is 22.5 Å². The van der Waals surface area contributed by atoms with E-state index in [4.69, 9.17) is 4.74 Å². The minimum atomic E-state index is 0.0254. The number of thiophene rings is 1. The van der Waals surface area contributed by atoms with E-state index in [-0.39, 0.29) is 30.6 Å². The average Bonchev–Trinajstić information content (AvgIpc) is 3.39. The number of benzene rings is 1. The zero-order valence-electron chi connectivity index (χ0n) is 15.9. The van der Waals surface area contributed by atoms with Gasteiger partial charge in [-0.3, -0.25) is 9.59 Å². The van der Waals surface area contributed by atoms with Crippen molar-refractivity contribution in [1.29, 1.82) is 0 Å². The lowest BCUT2D eigenvalue weighted by atomic mass is 10.0. The Hall–Kier alpha value is -1.98. The van der Waals surface area contributed by atoms with E-state index in [2.05, 4.69) is 6.92 Å². The Labute approximate surface area is 165 Å². The third-order valence-electron chi connectivity index (χ3n) is 4.98. The molecule has 1 unspecified atom stereocenters. The maximum absolute atomic E-state index is 12.8. The van der Waals surface area contributed by atoms with Crippen molar-refractivity contribution in [2.24, 2.45) is 0 Å². The Morgan fingerprint density at radius 1 is 1.19 bits per heavy atom. The Morgan fingerprint density at radius 3 is 2.63 bits per heavy atom. The van der Waals surface area contributed by atoms with Crippen molar-refractivity contribution >= 4 is 23.0 Å². The van der Waals surface area contributed by atoms with Crippen LogP contribution in [0.4, 0.5) is 0 Å². The summed E-state index contributed by atoms with van der Waals surface area (Å²) in [5.41, 5.74) is 1.89. The Kier molecular flexibility index (Phi) is 7.18. The molecule has 0 aliphatic carbocycles. The second-order valence-corrected chi connectivity index (χ2v) is 7.99. The van der Waals surface area contributed by atoms with Crippen molar-refractivity contribution in [3.8, 4) is 0 Å². The molecule has 0 spiro atoms. The van der Waals surface area contributed by atoms with Gasteiger partial charge in [0.25, 0.3) is 0 Å². The van der Waals surface area contributed by atoms with Gasteiger partial charge in [0.1, 0.15) is 0 Å². The molecule has 5 heteroatoms. The van der Waals surface area contributed by atoms with Crippen LogP contribution >= 0.6 is 11.3 Å². The number of nitrogens with zero attached hydrogens (tertiary/aromatic N) is 1. The van der Waals surface area contributed by atoms with Gasteiger partial charge in [-0.1, -0.05) is 37.3 Å². The molecule has 0 bridgehead atoms. The van der Waals surface area contributed by atoms with Crippen molar-refractivity contribution in [2.45, 2.75) is 51.7 Å². The molecule has 0 saturated carbocycles. The lowest BCUT2D eigenvalue weighted by Crippen LogP contribution is -2.36. The summed E-state index contributed by atoms with van der Waals surface area (Å²) >= 11 is 1.65. The number of Topliss-reactive ketones (excluding diaryl/α,β-unsaturated/α-hetero) is 1. The molecule has 1 aromatic carbocycles. The summed E-state index contributed by atoms with van der Waals surface area (Å²) in [5, 5.41) is 2.02. The molecule has 1 atom stereocenters. The molecule has 27 heavy (non-hydrogen) atoms. The van der Waals surface area contributed by atoms with Crippen LogP contribution in [0.3, 0.4) is 0 Å². The third-order valence-corrected chi connectivity index (χ3v) is 5.84. The first-order chi connectivity index (χ1) is 13.2. The Bertz CT molecular complexity index is 733. The molecule has 4 nitrogen and oxygen atoms in total. The number of ketones is 1. The standard InChI is InChI=1S/C22H27NO3S/c1-2-17-7-9-18(10-8-17)21(24)11-12-22(25)23(15-19-5-3-13-26-19)16-20-6-4-14-27-20/h4,6-10,14,19H,2-3,5,11-13,15-16H2,1H3. The molecule has 3 rings (SSSR count). The van der Waals surface area contributed by atoms with Crippen molar-refractivity contribution in [3.63, 3.8) is 0 Å². The van der Waals surface area contributed by atoms with E-state index in [1.54, 1.807) is 11.3 Å². The first kappa shape index (κ1) is 19.8. The highest BCUT2D eigenvalue weighted by molar-refractivity contribution is 7.09. The Morgan fingerprint density at radius 2 is 2.00 bits per heavy atom. The second-order valence-electron chi connectivity index (χ2n) is 6.96. The predicted octanol–water partition coefficient (Wildman–Crippen LogP) is 4.48. The first-order valence-electron chi connectivity index (χ1n) is 9.69. The van der Waals surface area contributed by atoms with Gasteiger partial charge in [0.05, 0.1) is 12.6 Å². The molecular formula is C22H27NO3S. The van der Waals surface area contributed by atoms with Crippen LogP contribution in [0.5, 0.6) is 0 Å². The molecule has 1 fully saturated rings. The maximum Gasteiger partial charge on any atom is 0.223 e. The van der Waals surface area contributed by atoms with E-state index in [0.29, 0.717) is 18.7 Å². The maximum atomic E-state index is 12.8. The van der Waals surface area contributed by atoms with Crippen molar-refractivity contribution < 1.29 is 14.3 Å². The molecule has 2 heterocycles. The average molecular weight is 386 g/mol. The van der Waals surface area contributed by atoms with Crippen LogP contribution in [0, 0.1) is 0 Å². The van der Waals surface area contributed by atoms with Crippen LogP contribution in [0.15, 0.2) is 41.8 Å². The topological polar surface area (TPSA) is 46.6 Å². The molecule has 1 aliphatic rings. The number of amides is 1. The number of hydrogen-bond donors (Lipinski definition) is 0. The summed E-state index contributed by atoms with van der Waals surface area (Å²) in [6, 6.07) is 11.7. The number of ether oxygens (including phenoxy) is 1. The first-order valence-corrected chi connectivity index (χ1v) is 10.6. The minimum absolute atomic E-state index is 0.0254. The molecule has 1 saturated heterocycles. The van der Waals surface area contributed by atoms with Gasteiger partial charge in [-0.2, -0.15) is 0 Å². The fourth-order valence-corrected chi connectivity index (χ4v) is 4.05. The third kappa shape index (κ3) is 5.75. The van der Waals surface area contributed by atoms with E-state index >= 15 is 0 Å². The van der Waals surface area contributed by atoms with E-state index < -0.39 is 0 Å². The SMILES string of the molecule is CCc1ccc(C(=O)CCC(=O)N(Cc2cccs2)CC2CCCO2)cc1. The lowest BCUT2D eigenvalue weighted by Gasteiger charge is -2.25. The number of carbonyl (C=O) groups is 2. The summed E-state index contributed by atoms with van der Waals surface area (Å²) < 4.78 is 5.71. The van der Waals surface area contributed by atoms with E-state index in [1.807, 2.05) is 46.7 Å². The van der Waals surface area contributed by atoms with Crippen LogP contribution in [0.1, 0.15) is 53.4 Å². The highest BCUT2D eigenvalue weighted by Gasteiger charge is 2.23. The molecule has 2 aromatic rings. The van der Waals surface area contributed by atoms with Crippen molar-refractivity contribution in [1.82, 2.24) is 4.90 Å². The van der Waals surface area contributed by atoms with Crippen LogP contribution < -0.4 is 0 Å². The highest BCUT2D eigenvalue weighted by Crippen LogP contribution is 2.19.